The third-order valence-corrected chi connectivity index (χ3v) is 4.85. The van der Waals surface area contributed by atoms with Gasteiger partial charge in [-0.1, -0.05) is 20.8 Å². The number of likely N-dealkylation sites (tertiary alicyclic amines) is 1. The summed E-state index contributed by atoms with van der Waals surface area (Å²) in [5.41, 5.74) is 0.110. The van der Waals surface area contributed by atoms with Gasteiger partial charge >= 0.3 is 5.97 Å². The SMILES string of the molecule is [13CH3][13C]([13CH3])([13CH3])[13CH2]N1CCC[13CH]1C(=O)[15NH]CCC(=O)[15NH]CC[13C](=O)ON1C(=O)CCC1=O. The first-order valence-corrected chi connectivity index (χ1v) is 10.4. The minimum absolute atomic E-state index is 0.0177. The van der Waals surface area contributed by atoms with Crippen molar-refractivity contribution in [1.82, 2.24) is 20.6 Å². The van der Waals surface area contributed by atoms with Crippen molar-refractivity contribution in [3.8, 4) is 0 Å². The van der Waals surface area contributed by atoms with Gasteiger partial charge in [0, 0.05) is 38.9 Å². The van der Waals surface area contributed by atoms with Crippen LogP contribution in [0.15, 0.2) is 0 Å². The summed E-state index contributed by atoms with van der Waals surface area (Å²) in [6.07, 6.45) is 1.79. The summed E-state index contributed by atoms with van der Waals surface area (Å²) in [4.78, 5) is 65.7. The van der Waals surface area contributed by atoms with Gasteiger partial charge in [-0.2, -0.15) is 0 Å². The topological polar surface area (TPSA) is 125 Å². The van der Waals surface area contributed by atoms with Gasteiger partial charge in [0.1, 0.15) is 0 Å². The average molecular weight is 433 g/mol. The van der Waals surface area contributed by atoms with E-state index in [-0.39, 0.29) is 62.0 Å². The lowest BCUT2D eigenvalue weighted by atomic mass is 10.4. The maximum Gasteiger partial charge on any atom is 0.334 e. The predicted molar refractivity (Wildman–Crippen MR) is 106 cm³/mol. The molecule has 30 heavy (non-hydrogen) atoms. The Balaban J connectivity index is 1.60. The number of hydroxylamine groups is 2. The molecule has 2 fully saturated rings. The second-order valence-electron chi connectivity index (χ2n) is 8.88. The lowest BCUT2D eigenvalue weighted by molar-refractivity contribution is -0.197. The van der Waals surface area contributed by atoms with Crippen molar-refractivity contribution in [3.63, 3.8) is 0 Å². The zero-order chi connectivity index (χ0) is 22.3. The maximum absolute atomic E-state index is 12.4. The normalized spacial score (nSPS) is 19.8. The van der Waals surface area contributed by atoms with Crippen molar-refractivity contribution in [3.05, 3.63) is 0 Å². The largest absolute Gasteiger partial charge is 0.355 e. The van der Waals surface area contributed by atoms with E-state index in [0.29, 0.717) is 5.06 Å². The van der Waals surface area contributed by atoms with Crippen LogP contribution in [0.25, 0.3) is 0 Å². The van der Waals surface area contributed by atoms with Crippen molar-refractivity contribution in [2.24, 2.45) is 5.41 Å². The van der Waals surface area contributed by atoms with Crippen LogP contribution < -0.4 is 10.6 Å². The second kappa shape index (κ2) is 10.5. The van der Waals surface area contributed by atoms with Crippen LogP contribution in [0.2, 0.25) is 0 Å². The number of nitrogens with one attached hydrogen (secondary N) is 2. The van der Waals surface area contributed by atoms with Crippen molar-refractivity contribution in [2.75, 3.05) is 26.2 Å². The molecule has 0 radical (unpaired) electrons. The Morgan fingerprint density at radius 1 is 1.03 bits per heavy atom. The fourth-order valence-electron chi connectivity index (χ4n) is 3.54. The molecule has 1 atom stereocenters. The summed E-state index contributed by atoms with van der Waals surface area (Å²) < 4.78 is 0. The van der Waals surface area contributed by atoms with Crippen LogP contribution in [0.3, 0.4) is 0 Å². The molecule has 2 heterocycles. The summed E-state index contributed by atoms with van der Waals surface area (Å²) in [6.45, 7) is 8.40. The predicted octanol–water partition coefficient (Wildman–Crippen LogP) is 0.117. The molecule has 1 unspecified atom stereocenters. The zero-order valence-corrected chi connectivity index (χ0v) is 18.0. The van der Waals surface area contributed by atoms with E-state index in [1.54, 1.807) is 0 Å². The number of carbonyl (C=O) groups is 5. The Morgan fingerprint density at radius 2 is 1.67 bits per heavy atom. The molecule has 168 valence electrons. The van der Waals surface area contributed by atoms with Gasteiger partial charge in [-0.05, 0) is 24.8 Å². The molecule has 2 aliphatic rings. The van der Waals surface area contributed by atoms with Crippen molar-refractivity contribution < 1.29 is 28.8 Å². The Bertz CT molecular complexity index is 671. The fraction of sp³-hybridized carbons (Fsp3) is 0.750. The average Bonchev–Trinajstić information content (AvgIpc) is 3.21. The van der Waals surface area contributed by atoms with Crippen LogP contribution in [0.5, 0.6) is 0 Å². The van der Waals surface area contributed by atoms with Gasteiger partial charge in [0.25, 0.3) is 11.8 Å². The fourth-order valence-corrected chi connectivity index (χ4v) is 3.54. The molecule has 0 bridgehead atoms. The molecule has 0 aliphatic carbocycles. The molecule has 2 N–H and O–H groups in total. The van der Waals surface area contributed by atoms with Gasteiger partial charge < -0.3 is 15.5 Å². The van der Waals surface area contributed by atoms with Gasteiger partial charge in [0.2, 0.25) is 11.8 Å². The molecular weight excluding hydrogens is 401 g/mol. The second-order valence-corrected chi connectivity index (χ2v) is 8.88. The lowest BCUT2D eigenvalue weighted by Crippen LogP contribution is -2.46. The number of hydrogen-bond acceptors (Lipinski definition) is 7. The molecular formula is C20H32N4O6. The minimum atomic E-state index is -0.771. The molecule has 0 aromatic carbocycles. The molecule has 2 rings (SSSR count). The highest BCUT2D eigenvalue weighted by Gasteiger charge is 2.33. The lowest BCUT2D eigenvalue weighted by Gasteiger charge is -2.30. The van der Waals surface area contributed by atoms with Gasteiger partial charge in [-0.15, -0.1) is 5.06 Å². The highest BCUT2D eigenvalue weighted by atomic mass is 16.8. The van der Waals surface area contributed by atoms with E-state index < -0.39 is 17.8 Å². The summed E-state index contributed by atoms with van der Waals surface area (Å²) in [5.74, 6) is -2.23. The van der Waals surface area contributed by atoms with E-state index in [2.05, 4.69) is 36.3 Å². The van der Waals surface area contributed by atoms with Crippen LogP contribution in [-0.4, -0.2) is 71.8 Å². The number of carbonyl (C=O) groups excluding carboxylic acids is 5. The van der Waals surface area contributed by atoms with Crippen LogP contribution in [0.4, 0.5) is 0 Å². The van der Waals surface area contributed by atoms with E-state index in [0.717, 1.165) is 25.9 Å². The Kier molecular flexibility index (Phi) is 8.33. The molecule has 0 aromatic heterocycles. The van der Waals surface area contributed by atoms with E-state index >= 15 is 0 Å². The smallest absolute Gasteiger partial charge is 0.334 e. The molecule has 2 saturated heterocycles. The van der Waals surface area contributed by atoms with Crippen molar-refractivity contribution in [2.45, 2.75) is 65.3 Å². The summed E-state index contributed by atoms with van der Waals surface area (Å²) in [6, 6.07) is -0.155. The summed E-state index contributed by atoms with van der Waals surface area (Å²) in [7, 11) is 0. The molecule has 0 spiro atoms. The van der Waals surface area contributed by atoms with E-state index in [4.69, 9.17) is 4.84 Å². The number of rotatable bonds is 9. The van der Waals surface area contributed by atoms with Gasteiger partial charge in [-0.3, -0.25) is 24.1 Å². The standard InChI is InChI=1S/C20H32N4O6/c1-20(2,3)13-23-12-4-5-14(23)19(29)22-10-8-15(25)21-11-9-18(28)30-24-16(26)6-7-17(24)27/h14H,4-13H2,1-3H3,(H,21,25)(H,22,29)/i1+1,2+1,3+1,13+1,14+1,18+1,20+1,21+1,22+1. The third kappa shape index (κ3) is 7.40. The van der Waals surface area contributed by atoms with Crippen LogP contribution in [-0.2, 0) is 28.8 Å². The molecule has 10 nitrogen and oxygen atoms in total. The Morgan fingerprint density at radius 3 is 2.30 bits per heavy atom. The number of amides is 4. The highest BCUT2D eigenvalue weighted by Crippen LogP contribution is 2.23. The molecule has 4 amide bonds. The van der Waals surface area contributed by atoms with Gasteiger partial charge in [-0.25, -0.2) is 4.79 Å². The molecule has 2 aliphatic heterocycles. The highest BCUT2D eigenvalue weighted by molar-refractivity contribution is 6.01. The van der Waals surface area contributed by atoms with Crippen LogP contribution >= 0.6 is 0 Å². The first-order valence-electron chi connectivity index (χ1n) is 10.4. The first kappa shape index (κ1) is 23.8. The maximum atomic E-state index is 12.4. The van der Waals surface area contributed by atoms with Gasteiger partial charge in [0.05, 0.1) is 12.5 Å². The van der Waals surface area contributed by atoms with E-state index in [9.17, 15) is 24.0 Å². The monoisotopic (exact) mass is 433 g/mol. The molecule has 10 heteroatoms. The van der Waals surface area contributed by atoms with Crippen molar-refractivity contribution in [1.29, 1.82) is 0 Å². The Hall–Kier alpha value is -2.49. The number of hydrogen-bond donors (Lipinski definition) is 2. The van der Waals surface area contributed by atoms with E-state index in [1.165, 1.54) is 0 Å². The minimum Gasteiger partial charge on any atom is -0.355 e. The summed E-state index contributed by atoms with van der Waals surface area (Å²) in [5, 5.41) is 5.85. The molecule has 0 aromatic rings. The van der Waals surface area contributed by atoms with Gasteiger partial charge in [0.15, 0.2) is 0 Å². The summed E-state index contributed by atoms with van der Waals surface area (Å²) >= 11 is 0. The molecule has 0 saturated carbocycles. The number of nitrogens with zero attached hydrogens (tertiary/aromatic N) is 2. The van der Waals surface area contributed by atoms with Crippen LogP contribution in [0.1, 0.15) is 59.3 Å². The quantitative estimate of drug-likeness (QED) is 0.301. The third-order valence-electron chi connectivity index (χ3n) is 4.85. The van der Waals surface area contributed by atoms with Crippen molar-refractivity contribution >= 4 is 29.6 Å². The van der Waals surface area contributed by atoms with E-state index in [1.807, 2.05) is 0 Å². The zero-order valence-electron chi connectivity index (χ0n) is 18.0. The number of imide groups is 1. The van der Waals surface area contributed by atoms with Crippen LogP contribution in [0, 0.1) is 5.41 Å². The first-order chi connectivity index (χ1) is 14.1. The Labute approximate surface area is 176 Å².